The first kappa shape index (κ1) is 34.3. The number of aliphatic imine (C=N–C) groups is 1. The number of amides is 2. The number of carbonyl (C=O) groups is 2. The van der Waals surface area contributed by atoms with E-state index in [0.29, 0.717) is 0 Å². The Labute approximate surface area is 205 Å². The van der Waals surface area contributed by atoms with Crippen LogP contribution in [0, 0.1) is 24.9 Å². The zero-order valence-electron chi connectivity index (χ0n) is 12.8. The Morgan fingerprint density at radius 1 is 0.952 bits per heavy atom. The van der Waals surface area contributed by atoms with Crippen molar-refractivity contribution in [3.8, 4) is 0 Å². The molecule has 2 aliphatic rings. The van der Waals surface area contributed by atoms with E-state index >= 15 is 0 Å². The summed E-state index contributed by atoms with van der Waals surface area (Å²) in [6, 6.07) is 0. The third-order valence-corrected chi connectivity index (χ3v) is 2.37. The molecule has 2 rings (SSSR count). The number of likely N-dealkylation sites (tertiary alicyclic amines) is 2. The van der Waals surface area contributed by atoms with Gasteiger partial charge in [-0.25, -0.2) is 13.1 Å². The molecule has 2 amide bonds. The van der Waals surface area contributed by atoms with Crippen molar-refractivity contribution in [3.05, 3.63) is 13.1 Å². The molecule has 0 aromatic heterocycles. The van der Waals surface area contributed by atoms with E-state index < -0.39 is 0 Å². The normalized spacial score (nSPS) is 20.8. The van der Waals surface area contributed by atoms with E-state index in [4.69, 9.17) is 0 Å². The molecule has 2 fully saturated rings. The number of nitrogens with zero attached hydrogens (tertiary/aromatic N) is 3. The second-order valence-corrected chi connectivity index (χ2v) is 4.03. The van der Waals surface area contributed by atoms with Crippen LogP contribution in [0.25, 0.3) is 0 Å². The number of carbonyl (C=O) groups excluding carboxylic acids is 2. The first-order valence-corrected chi connectivity index (χ1v) is 5.37. The molecule has 21 heavy (non-hydrogen) atoms. The molecule has 8 heteroatoms. The van der Waals surface area contributed by atoms with Crippen molar-refractivity contribution < 1.29 is 108 Å². The summed E-state index contributed by atoms with van der Waals surface area (Å²) in [4.78, 5) is 27.1. The minimum atomic E-state index is 0. The molecule has 0 aliphatic carbocycles. The Hall–Kier alpha value is 1.92. The van der Waals surface area contributed by atoms with Gasteiger partial charge >= 0.3 is 0 Å². The van der Waals surface area contributed by atoms with E-state index in [-0.39, 0.29) is 129 Å². The summed E-state index contributed by atoms with van der Waals surface area (Å²) in [5.74, 6) is 0.787. The molecule has 3 radical (unpaired) electrons. The first-order chi connectivity index (χ1) is 7.84. The molecule has 2 unspecified atom stereocenters. The van der Waals surface area contributed by atoms with Crippen molar-refractivity contribution in [1.82, 2.24) is 9.80 Å². The van der Waals surface area contributed by atoms with Gasteiger partial charge in [0.05, 0.1) is 0 Å². The maximum Gasteiger partial charge on any atom is 0.167 e. The van der Waals surface area contributed by atoms with Gasteiger partial charge in [-0.05, 0) is 21.1 Å². The van der Waals surface area contributed by atoms with Crippen LogP contribution in [0.15, 0.2) is 4.99 Å². The molecule has 2 atom stereocenters. The predicted molar refractivity (Wildman–Crippen MR) is 73.6 cm³/mol. The topological polar surface area (TPSA) is 53.0 Å². The van der Waals surface area contributed by atoms with Crippen LogP contribution in [0.3, 0.4) is 0 Å². The zero-order chi connectivity index (χ0) is 13.6. The van der Waals surface area contributed by atoms with Gasteiger partial charge in [0.1, 0.15) is 0 Å². The second kappa shape index (κ2) is 18.3. The van der Waals surface area contributed by atoms with Crippen molar-refractivity contribution in [2.75, 3.05) is 21.1 Å². The minimum Gasteiger partial charge on any atom is -0.509 e. The molecule has 5 nitrogen and oxygen atoms in total. The summed E-state index contributed by atoms with van der Waals surface area (Å²) in [5, 5.41) is 0. The predicted octanol–water partition coefficient (Wildman–Crippen LogP) is 1.33. The second-order valence-electron chi connectivity index (χ2n) is 4.03. The van der Waals surface area contributed by atoms with E-state index in [2.05, 4.69) is 11.7 Å². The fourth-order valence-electron chi connectivity index (χ4n) is 1.42. The molecular formula is C13H24N3O2Y3-3. The van der Waals surface area contributed by atoms with Crippen molar-refractivity contribution >= 4 is 18.5 Å². The smallest absolute Gasteiger partial charge is 0.167 e. The molecule has 2 aliphatic heterocycles. The number of β-lactam (4-membered cyclic amide) rings is 2. The van der Waals surface area contributed by atoms with Crippen LogP contribution >= 0.6 is 0 Å². The van der Waals surface area contributed by atoms with Gasteiger partial charge in [0.25, 0.3) is 0 Å². The minimum absolute atomic E-state index is 0. The van der Waals surface area contributed by atoms with Gasteiger partial charge in [-0.2, -0.15) is 0 Å². The molecule has 115 valence electrons. The first-order valence-electron chi connectivity index (χ1n) is 5.37. The van der Waals surface area contributed by atoms with E-state index in [1.807, 2.05) is 26.9 Å². The van der Waals surface area contributed by atoms with Crippen LogP contribution < -0.4 is 0 Å². The zero-order valence-corrected chi connectivity index (χ0v) is 21.3. The summed E-state index contributed by atoms with van der Waals surface area (Å²) in [6.45, 7) is 12.0. The summed E-state index contributed by atoms with van der Waals surface area (Å²) in [7, 11) is 5.06. The molecule has 0 aromatic carbocycles. The Kier molecular flexibility index (Phi) is 29.8. The Bertz CT molecular complexity index is 258. The van der Waals surface area contributed by atoms with Gasteiger partial charge in [0, 0.05) is 98.1 Å². The van der Waals surface area contributed by atoms with Gasteiger partial charge in [-0.3, -0.25) is 9.59 Å². The van der Waals surface area contributed by atoms with Crippen LogP contribution in [0.1, 0.15) is 21.3 Å². The molecular weight excluding hydrogens is 497 g/mol. The average Bonchev–Trinajstić information content (AvgIpc) is 2.31. The van der Waals surface area contributed by atoms with Crippen molar-refractivity contribution in [2.24, 2.45) is 16.8 Å². The van der Waals surface area contributed by atoms with Gasteiger partial charge in [0.15, 0.2) is 11.8 Å². The van der Waals surface area contributed by atoms with Crippen molar-refractivity contribution in [3.63, 3.8) is 0 Å². The van der Waals surface area contributed by atoms with Crippen LogP contribution in [-0.2, 0) is 108 Å². The molecule has 0 spiro atoms. The van der Waals surface area contributed by atoms with Gasteiger partial charge in [-0.15, -0.1) is 0 Å². The summed E-state index contributed by atoms with van der Waals surface area (Å²) in [6.07, 6.45) is 0. The SMILES string of the molecule is C.CC1[CH-]N(C)C1=O.CC1[CH-]N(C)C1=O.[CH-]=NC.[Y].[Y].[Y]. The maximum atomic E-state index is 10.5. The average molecular weight is 521 g/mol. The van der Waals surface area contributed by atoms with Crippen molar-refractivity contribution in [1.29, 1.82) is 0 Å². The molecule has 2 saturated heterocycles. The third-order valence-electron chi connectivity index (χ3n) is 2.37. The van der Waals surface area contributed by atoms with E-state index in [1.165, 1.54) is 7.05 Å². The quantitative estimate of drug-likeness (QED) is 0.275. The Morgan fingerprint density at radius 3 is 1.14 bits per heavy atom. The fourth-order valence-corrected chi connectivity index (χ4v) is 1.42. The van der Waals surface area contributed by atoms with Crippen LogP contribution in [0.5, 0.6) is 0 Å². The molecule has 2 heterocycles. The van der Waals surface area contributed by atoms with Crippen molar-refractivity contribution in [2.45, 2.75) is 21.3 Å². The molecule has 0 saturated carbocycles. The standard InChI is InChI=1S/2C5H8NO.C2H4N.CH4.3Y/c2*1-4-3-6(2)5(4)7;1-3-2;;;;/h2*3-4H,1-2H3;1H,2H3;1H4;;;/q3*-1;;;;. The maximum absolute atomic E-state index is 10.5. The van der Waals surface area contributed by atoms with Gasteiger partial charge in [-0.1, -0.05) is 33.1 Å². The third kappa shape index (κ3) is 12.9. The Morgan fingerprint density at radius 2 is 1.14 bits per heavy atom. The van der Waals surface area contributed by atoms with Crippen LogP contribution in [0.4, 0.5) is 0 Å². The molecule has 0 N–H and O–H groups in total. The molecule has 0 bridgehead atoms. The number of hydrogen-bond donors (Lipinski definition) is 0. The number of rotatable bonds is 0. The van der Waals surface area contributed by atoms with Gasteiger partial charge < -0.3 is 21.5 Å². The fraction of sp³-hybridized carbons (Fsp3) is 0.615. The van der Waals surface area contributed by atoms with Crippen LogP contribution in [-0.4, -0.2) is 49.5 Å². The van der Waals surface area contributed by atoms with E-state index in [0.717, 1.165) is 0 Å². The Balaban J connectivity index is -0.0000000593. The van der Waals surface area contributed by atoms with Gasteiger partial charge in [0.2, 0.25) is 0 Å². The van der Waals surface area contributed by atoms with E-state index in [9.17, 15) is 9.59 Å². The molecule has 0 aromatic rings. The summed E-state index contributed by atoms with van der Waals surface area (Å²) >= 11 is 0. The van der Waals surface area contributed by atoms with Crippen LogP contribution in [0.2, 0.25) is 0 Å². The summed E-state index contributed by atoms with van der Waals surface area (Å²) in [5.41, 5.74) is 0. The largest absolute Gasteiger partial charge is 0.509 e. The van der Waals surface area contributed by atoms with E-state index in [1.54, 1.807) is 23.9 Å². The number of hydrogen-bond acceptors (Lipinski definition) is 3. The summed E-state index contributed by atoms with van der Waals surface area (Å²) < 4.78 is 0. The monoisotopic (exact) mass is 521 g/mol.